The summed E-state index contributed by atoms with van der Waals surface area (Å²) in [4.78, 5) is 7.98. The Morgan fingerprint density at radius 2 is 1.95 bits per heavy atom. The van der Waals surface area contributed by atoms with E-state index in [1.807, 2.05) is 13.8 Å². The van der Waals surface area contributed by atoms with E-state index in [0.717, 1.165) is 0 Å². The number of aromatic nitrogens is 2. The average molecular weight is 301 g/mol. The quantitative estimate of drug-likeness (QED) is 0.761. The molecular formula is C13H11Cl2FN2O. The smallest absolute Gasteiger partial charge is 0.227 e. The van der Waals surface area contributed by atoms with Crippen molar-refractivity contribution in [1.82, 2.24) is 9.97 Å². The summed E-state index contributed by atoms with van der Waals surface area (Å²) in [6.45, 7) is 3.91. The van der Waals surface area contributed by atoms with E-state index in [4.69, 9.17) is 27.9 Å². The number of benzene rings is 1. The van der Waals surface area contributed by atoms with E-state index in [1.165, 1.54) is 24.5 Å². The maximum atomic E-state index is 13.1. The molecule has 0 aliphatic carbocycles. The molecule has 0 N–H and O–H groups in total. The van der Waals surface area contributed by atoms with Crippen molar-refractivity contribution in [2.45, 2.75) is 19.8 Å². The minimum absolute atomic E-state index is 0.0104. The highest BCUT2D eigenvalue weighted by Gasteiger charge is 2.16. The molecule has 0 saturated carbocycles. The van der Waals surface area contributed by atoms with Gasteiger partial charge in [0.15, 0.2) is 0 Å². The number of ether oxygens (including phenoxy) is 1. The van der Waals surface area contributed by atoms with Gasteiger partial charge in [-0.2, -0.15) is 0 Å². The standard InChI is InChI=1S/C13H11Cl2FN2O/c1-7(2)11-12(15)17-6-18-13(11)19-8-3-4-10(16)9(14)5-8/h3-7H,1-2H3. The Bertz CT molecular complexity index is 605. The lowest BCUT2D eigenvalue weighted by molar-refractivity contribution is 0.450. The van der Waals surface area contributed by atoms with E-state index in [0.29, 0.717) is 22.3 Å². The highest BCUT2D eigenvalue weighted by molar-refractivity contribution is 6.31. The third kappa shape index (κ3) is 3.14. The van der Waals surface area contributed by atoms with E-state index in [1.54, 1.807) is 0 Å². The Morgan fingerprint density at radius 3 is 2.58 bits per heavy atom. The molecule has 0 bridgehead atoms. The number of halogens is 3. The van der Waals surface area contributed by atoms with Gasteiger partial charge >= 0.3 is 0 Å². The molecular weight excluding hydrogens is 290 g/mol. The van der Waals surface area contributed by atoms with E-state index in [2.05, 4.69) is 9.97 Å². The summed E-state index contributed by atoms with van der Waals surface area (Å²) in [6, 6.07) is 4.09. The SMILES string of the molecule is CC(C)c1c(Cl)ncnc1Oc1ccc(F)c(Cl)c1. The zero-order valence-electron chi connectivity index (χ0n) is 10.3. The van der Waals surface area contributed by atoms with Gasteiger partial charge in [0.25, 0.3) is 0 Å². The average Bonchev–Trinajstić information content (AvgIpc) is 2.33. The third-order valence-electron chi connectivity index (χ3n) is 2.48. The van der Waals surface area contributed by atoms with Crippen LogP contribution in [0.4, 0.5) is 4.39 Å². The fourth-order valence-electron chi connectivity index (χ4n) is 1.58. The van der Waals surface area contributed by atoms with Crippen molar-refractivity contribution in [3.63, 3.8) is 0 Å². The lowest BCUT2D eigenvalue weighted by atomic mass is 10.1. The summed E-state index contributed by atoms with van der Waals surface area (Å²) in [5.74, 6) is 0.333. The number of hydrogen-bond donors (Lipinski definition) is 0. The monoisotopic (exact) mass is 300 g/mol. The fraction of sp³-hybridized carbons (Fsp3) is 0.231. The topological polar surface area (TPSA) is 35.0 Å². The largest absolute Gasteiger partial charge is 0.439 e. The van der Waals surface area contributed by atoms with Gasteiger partial charge in [0.1, 0.15) is 23.0 Å². The first kappa shape index (κ1) is 14.0. The Kier molecular flexibility index (Phi) is 4.22. The van der Waals surface area contributed by atoms with Gasteiger partial charge in [-0.1, -0.05) is 37.0 Å². The first-order valence-corrected chi connectivity index (χ1v) is 6.38. The molecule has 2 rings (SSSR count). The van der Waals surface area contributed by atoms with Crippen LogP contribution in [0.25, 0.3) is 0 Å². The summed E-state index contributed by atoms with van der Waals surface area (Å²) >= 11 is 11.7. The van der Waals surface area contributed by atoms with Gasteiger partial charge in [0.2, 0.25) is 5.88 Å². The van der Waals surface area contributed by atoms with Crippen LogP contribution in [0.1, 0.15) is 25.3 Å². The zero-order valence-corrected chi connectivity index (χ0v) is 11.8. The van der Waals surface area contributed by atoms with E-state index < -0.39 is 5.82 Å². The maximum absolute atomic E-state index is 13.1. The highest BCUT2D eigenvalue weighted by Crippen LogP contribution is 2.33. The molecule has 6 heteroatoms. The van der Waals surface area contributed by atoms with Crippen LogP contribution in [0.5, 0.6) is 11.6 Å². The minimum Gasteiger partial charge on any atom is -0.439 e. The predicted octanol–water partition coefficient (Wildman–Crippen LogP) is 4.84. The normalized spacial score (nSPS) is 10.8. The molecule has 0 saturated heterocycles. The van der Waals surface area contributed by atoms with Crippen molar-refractivity contribution >= 4 is 23.2 Å². The summed E-state index contributed by atoms with van der Waals surface area (Å²) in [7, 11) is 0. The predicted molar refractivity (Wildman–Crippen MR) is 72.6 cm³/mol. The van der Waals surface area contributed by atoms with Crippen LogP contribution in [0, 0.1) is 5.82 Å². The maximum Gasteiger partial charge on any atom is 0.227 e. The molecule has 0 amide bonds. The van der Waals surface area contributed by atoms with Crippen molar-refractivity contribution in [2.24, 2.45) is 0 Å². The fourth-order valence-corrected chi connectivity index (χ4v) is 2.09. The Balaban J connectivity index is 2.38. The molecule has 0 aliphatic heterocycles. The highest BCUT2D eigenvalue weighted by atomic mass is 35.5. The lowest BCUT2D eigenvalue weighted by Crippen LogP contribution is -1.99. The van der Waals surface area contributed by atoms with Crippen LogP contribution in [0.15, 0.2) is 24.5 Å². The molecule has 19 heavy (non-hydrogen) atoms. The second-order valence-electron chi connectivity index (χ2n) is 4.22. The molecule has 0 aliphatic rings. The Morgan fingerprint density at radius 1 is 1.21 bits per heavy atom. The third-order valence-corrected chi connectivity index (χ3v) is 3.07. The van der Waals surface area contributed by atoms with E-state index in [9.17, 15) is 4.39 Å². The van der Waals surface area contributed by atoms with Crippen LogP contribution in [0.2, 0.25) is 10.2 Å². The molecule has 1 aromatic carbocycles. The Labute approximate surface area is 120 Å². The van der Waals surface area contributed by atoms with Crippen LogP contribution >= 0.6 is 23.2 Å². The van der Waals surface area contributed by atoms with Gasteiger partial charge in [0, 0.05) is 6.07 Å². The van der Waals surface area contributed by atoms with Crippen molar-refractivity contribution in [3.05, 3.63) is 46.1 Å². The summed E-state index contributed by atoms with van der Waals surface area (Å²) in [5.41, 5.74) is 0.699. The van der Waals surface area contributed by atoms with Gasteiger partial charge in [-0.3, -0.25) is 0 Å². The zero-order chi connectivity index (χ0) is 14.0. The molecule has 0 spiro atoms. The second-order valence-corrected chi connectivity index (χ2v) is 4.98. The summed E-state index contributed by atoms with van der Waals surface area (Å²) in [5, 5.41) is 0.331. The summed E-state index contributed by atoms with van der Waals surface area (Å²) < 4.78 is 18.7. The molecule has 0 fully saturated rings. The Hall–Kier alpha value is -1.39. The first-order valence-electron chi connectivity index (χ1n) is 5.62. The summed E-state index contributed by atoms with van der Waals surface area (Å²) in [6.07, 6.45) is 1.31. The molecule has 0 radical (unpaired) electrons. The molecule has 100 valence electrons. The van der Waals surface area contributed by atoms with E-state index in [-0.39, 0.29) is 10.9 Å². The van der Waals surface area contributed by atoms with Crippen LogP contribution in [-0.4, -0.2) is 9.97 Å². The van der Waals surface area contributed by atoms with Gasteiger partial charge in [-0.25, -0.2) is 14.4 Å². The molecule has 0 unspecified atom stereocenters. The van der Waals surface area contributed by atoms with Gasteiger partial charge < -0.3 is 4.74 Å². The van der Waals surface area contributed by atoms with Crippen molar-refractivity contribution in [3.8, 4) is 11.6 Å². The first-order chi connectivity index (χ1) is 8.99. The molecule has 1 aromatic heterocycles. The second kappa shape index (κ2) is 5.72. The molecule has 0 atom stereocenters. The number of rotatable bonds is 3. The van der Waals surface area contributed by atoms with Crippen molar-refractivity contribution in [2.75, 3.05) is 0 Å². The van der Waals surface area contributed by atoms with E-state index >= 15 is 0 Å². The van der Waals surface area contributed by atoms with Gasteiger partial charge in [-0.05, 0) is 18.1 Å². The minimum atomic E-state index is -0.501. The number of hydrogen-bond acceptors (Lipinski definition) is 3. The van der Waals surface area contributed by atoms with Crippen LogP contribution in [0.3, 0.4) is 0 Å². The molecule has 2 aromatic rings. The molecule has 1 heterocycles. The van der Waals surface area contributed by atoms with Crippen molar-refractivity contribution < 1.29 is 9.13 Å². The lowest BCUT2D eigenvalue weighted by Gasteiger charge is -2.13. The van der Waals surface area contributed by atoms with Crippen molar-refractivity contribution in [1.29, 1.82) is 0 Å². The molecule has 3 nitrogen and oxygen atoms in total. The van der Waals surface area contributed by atoms with Crippen LogP contribution < -0.4 is 4.74 Å². The van der Waals surface area contributed by atoms with Gasteiger partial charge in [0.05, 0.1) is 10.6 Å². The van der Waals surface area contributed by atoms with Crippen LogP contribution in [-0.2, 0) is 0 Å². The number of nitrogens with zero attached hydrogens (tertiary/aromatic N) is 2. The van der Waals surface area contributed by atoms with Gasteiger partial charge in [-0.15, -0.1) is 0 Å².